The van der Waals surface area contributed by atoms with Crippen LogP contribution in [0.3, 0.4) is 0 Å². The van der Waals surface area contributed by atoms with Crippen LogP contribution in [0.1, 0.15) is 13.8 Å². The van der Waals surface area contributed by atoms with Gasteiger partial charge in [-0.05, 0) is 38.1 Å². The van der Waals surface area contributed by atoms with Crippen molar-refractivity contribution in [2.75, 3.05) is 54.4 Å². The zero-order valence-corrected chi connectivity index (χ0v) is 19.2. The molecule has 0 unspecified atom stereocenters. The summed E-state index contributed by atoms with van der Waals surface area (Å²) in [6, 6.07) is 6.91. The Labute approximate surface area is 197 Å². The fourth-order valence-corrected chi connectivity index (χ4v) is 4.29. The Morgan fingerprint density at radius 1 is 1.03 bits per heavy atom. The zero-order chi connectivity index (χ0) is 23.7. The second-order valence-electron chi connectivity index (χ2n) is 8.60. The van der Waals surface area contributed by atoms with Crippen molar-refractivity contribution in [2.24, 2.45) is 0 Å². The SMILES string of the molecule is CC(C)N1CCOc2c(F)cc(-c3nc(Nc4ccc(N5CCNCC5)cn4)ncc3F)cc21. The van der Waals surface area contributed by atoms with Gasteiger partial charge < -0.3 is 25.2 Å². The predicted molar refractivity (Wildman–Crippen MR) is 128 cm³/mol. The van der Waals surface area contributed by atoms with Crippen molar-refractivity contribution in [1.29, 1.82) is 0 Å². The topological polar surface area (TPSA) is 78.4 Å². The third-order valence-electron chi connectivity index (χ3n) is 6.02. The molecule has 0 saturated carbocycles. The maximum atomic E-state index is 14.9. The van der Waals surface area contributed by atoms with Crippen LogP contribution >= 0.6 is 0 Å². The lowest BCUT2D eigenvalue weighted by atomic mass is 10.1. The van der Waals surface area contributed by atoms with Crippen LogP contribution in [0.2, 0.25) is 0 Å². The summed E-state index contributed by atoms with van der Waals surface area (Å²) < 4.78 is 35.1. The third-order valence-corrected chi connectivity index (χ3v) is 6.02. The van der Waals surface area contributed by atoms with Gasteiger partial charge in [0.1, 0.15) is 18.1 Å². The molecule has 0 radical (unpaired) electrons. The first-order valence-corrected chi connectivity index (χ1v) is 11.4. The van der Waals surface area contributed by atoms with Crippen molar-refractivity contribution in [3.05, 3.63) is 48.3 Å². The Morgan fingerprint density at radius 2 is 1.85 bits per heavy atom. The number of hydrogen-bond donors (Lipinski definition) is 2. The van der Waals surface area contributed by atoms with E-state index < -0.39 is 11.6 Å². The summed E-state index contributed by atoms with van der Waals surface area (Å²) >= 11 is 0. The Hall–Kier alpha value is -3.53. The summed E-state index contributed by atoms with van der Waals surface area (Å²) in [4.78, 5) is 17.1. The highest BCUT2D eigenvalue weighted by Crippen LogP contribution is 2.39. The van der Waals surface area contributed by atoms with Crippen molar-refractivity contribution in [1.82, 2.24) is 20.3 Å². The van der Waals surface area contributed by atoms with Crippen LogP contribution in [0.5, 0.6) is 5.75 Å². The third kappa shape index (κ3) is 4.45. The van der Waals surface area contributed by atoms with Gasteiger partial charge in [-0.25, -0.2) is 23.7 Å². The van der Waals surface area contributed by atoms with Gasteiger partial charge in [-0.2, -0.15) is 0 Å². The molecule has 1 aromatic carbocycles. The minimum atomic E-state index is -0.639. The van der Waals surface area contributed by atoms with Gasteiger partial charge in [0.25, 0.3) is 0 Å². The summed E-state index contributed by atoms with van der Waals surface area (Å²) in [5.41, 5.74) is 1.95. The summed E-state index contributed by atoms with van der Waals surface area (Å²) in [6.45, 7) is 8.80. The molecule has 8 nitrogen and oxygen atoms in total. The first kappa shape index (κ1) is 22.3. The molecule has 4 heterocycles. The molecule has 2 aliphatic heterocycles. The summed E-state index contributed by atoms with van der Waals surface area (Å²) in [7, 11) is 0. The first-order valence-electron chi connectivity index (χ1n) is 11.4. The Kier molecular flexibility index (Phi) is 6.14. The van der Waals surface area contributed by atoms with Gasteiger partial charge in [0, 0.05) is 37.8 Å². The minimum absolute atomic E-state index is 0.00548. The molecule has 2 aliphatic rings. The maximum absolute atomic E-state index is 14.9. The highest BCUT2D eigenvalue weighted by atomic mass is 19.1. The van der Waals surface area contributed by atoms with Gasteiger partial charge in [-0.15, -0.1) is 0 Å². The van der Waals surface area contributed by atoms with Crippen molar-refractivity contribution >= 4 is 23.1 Å². The Bertz CT molecular complexity index is 1170. The first-order chi connectivity index (χ1) is 16.5. The lowest BCUT2D eigenvalue weighted by molar-refractivity contribution is 0.287. The molecular weight excluding hydrogens is 440 g/mol. The average molecular weight is 468 g/mol. The number of anilines is 4. The Balaban J connectivity index is 1.41. The molecular formula is C24H27F2N7O. The van der Waals surface area contributed by atoms with E-state index in [9.17, 15) is 8.78 Å². The number of fused-ring (bicyclic) bond motifs is 1. The summed E-state index contributed by atoms with van der Waals surface area (Å²) in [5, 5.41) is 6.34. The van der Waals surface area contributed by atoms with Crippen LogP contribution in [0.4, 0.5) is 31.9 Å². The number of pyridine rings is 1. The summed E-state index contributed by atoms with van der Waals surface area (Å²) in [5.74, 6) is -0.290. The number of benzene rings is 1. The van der Waals surface area contributed by atoms with E-state index in [0.29, 0.717) is 30.2 Å². The molecule has 5 rings (SSSR count). The fourth-order valence-electron chi connectivity index (χ4n) is 4.29. The second kappa shape index (κ2) is 9.38. The molecule has 3 aromatic rings. The highest BCUT2D eigenvalue weighted by molar-refractivity contribution is 5.73. The molecule has 2 N–H and O–H groups in total. The standard InChI is InChI=1S/C24H27F2N7O/c1-15(2)33-9-10-34-23-18(25)11-16(12-20(23)33)22-19(26)14-29-24(31-22)30-21-4-3-17(13-28-21)32-7-5-27-6-8-32/h3-4,11-15,27H,5-10H2,1-2H3,(H,28,29,30,31). The predicted octanol–water partition coefficient (Wildman–Crippen LogP) is 3.58. The van der Waals surface area contributed by atoms with E-state index in [0.717, 1.165) is 38.1 Å². The molecule has 34 heavy (non-hydrogen) atoms. The molecule has 0 aliphatic carbocycles. The van der Waals surface area contributed by atoms with Crippen molar-refractivity contribution in [3.8, 4) is 17.0 Å². The molecule has 0 bridgehead atoms. The number of aromatic nitrogens is 3. The molecule has 0 amide bonds. The fraction of sp³-hybridized carbons (Fsp3) is 0.375. The van der Waals surface area contributed by atoms with Crippen molar-refractivity contribution in [2.45, 2.75) is 19.9 Å². The largest absolute Gasteiger partial charge is 0.486 e. The number of ether oxygens (including phenoxy) is 1. The number of piperazine rings is 1. The number of halogens is 2. The number of nitrogens with one attached hydrogen (secondary N) is 2. The van der Waals surface area contributed by atoms with Crippen LogP contribution in [0.25, 0.3) is 11.3 Å². The minimum Gasteiger partial charge on any atom is -0.486 e. The number of hydrogen-bond acceptors (Lipinski definition) is 8. The van der Waals surface area contributed by atoms with E-state index in [1.807, 2.05) is 30.9 Å². The monoisotopic (exact) mass is 467 g/mol. The molecule has 0 spiro atoms. The lowest BCUT2D eigenvalue weighted by Crippen LogP contribution is -2.43. The van der Waals surface area contributed by atoms with Gasteiger partial charge >= 0.3 is 0 Å². The maximum Gasteiger partial charge on any atom is 0.229 e. The smallest absolute Gasteiger partial charge is 0.229 e. The highest BCUT2D eigenvalue weighted by Gasteiger charge is 2.25. The number of nitrogens with zero attached hydrogens (tertiary/aromatic N) is 5. The average Bonchev–Trinajstić information content (AvgIpc) is 2.86. The van der Waals surface area contributed by atoms with Crippen LogP contribution in [-0.2, 0) is 0 Å². The van der Waals surface area contributed by atoms with Crippen LogP contribution < -0.4 is 25.2 Å². The van der Waals surface area contributed by atoms with Crippen molar-refractivity contribution in [3.63, 3.8) is 0 Å². The molecule has 2 aromatic heterocycles. The van der Waals surface area contributed by atoms with Gasteiger partial charge in [-0.1, -0.05) is 0 Å². The van der Waals surface area contributed by atoms with Crippen LogP contribution in [0, 0.1) is 11.6 Å². The van der Waals surface area contributed by atoms with Crippen molar-refractivity contribution < 1.29 is 13.5 Å². The summed E-state index contributed by atoms with van der Waals surface area (Å²) in [6.07, 6.45) is 2.87. The van der Waals surface area contributed by atoms with Gasteiger partial charge in [0.15, 0.2) is 17.4 Å². The van der Waals surface area contributed by atoms with E-state index in [4.69, 9.17) is 4.74 Å². The van der Waals surface area contributed by atoms with Gasteiger partial charge in [0.05, 0.1) is 30.3 Å². The van der Waals surface area contributed by atoms with E-state index in [1.54, 1.807) is 12.3 Å². The lowest BCUT2D eigenvalue weighted by Gasteiger charge is -2.34. The van der Waals surface area contributed by atoms with E-state index in [1.165, 1.54) is 6.07 Å². The molecule has 10 heteroatoms. The normalized spacial score (nSPS) is 15.8. The molecule has 1 fully saturated rings. The van der Waals surface area contributed by atoms with E-state index in [-0.39, 0.29) is 23.4 Å². The zero-order valence-electron chi connectivity index (χ0n) is 19.2. The van der Waals surface area contributed by atoms with Crippen LogP contribution in [0.15, 0.2) is 36.7 Å². The quantitative estimate of drug-likeness (QED) is 0.590. The Morgan fingerprint density at radius 3 is 2.59 bits per heavy atom. The van der Waals surface area contributed by atoms with Gasteiger partial charge in [-0.3, -0.25) is 0 Å². The van der Waals surface area contributed by atoms with E-state index in [2.05, 4.69) is 30.5 Å². The molecule has 178 valence electrons. The van der Waals surface area contributed by atoms with E-state index >= 15 is 0 Å². The van der Waals surface area contributed by atoms with Gasteiger partial charge in [0.2, 0.25) is 5.95 Å². The number of rotatable bonds is 5. The second-order valence-corrected chi connectivity index (χ2v) is 8.60. The van der Waals surface area contributed by atoms with Crippen LogP contribution in [-0.4, -0.2) is 60.3 Å². The molecule has 1 saturated heterocycles. The molecule has 0 atom stereocenters.